The molecule has 0 aliphatic heterocycles. The number of rotatable bonds is 5. The summed E-state index contributed by atoms with van der Waals surface area (Å²) in [5, 5.41) is 5.99. The highest BCUT2D eigenvalue weighted by atomic mass is 35.5. The number of hydrogen-bond donors (Lipinski definition) is 1. The van der Waals surface area contributed by atoms with Crippen molar-refractivity contribution in [3.63, 3.8) is 0 Å². The van der Waals surface area contributed by atoms with E-state index in [2.05, 4.69) is 15.5 Å². The Labute approximate surface area is 179 Å². The minimum atomic E-state index is -0.439. The summed E-state index contributed by atoms with van der Waals surface area (Å²) in [6.07, 6.45) is 1.56. The first-order chi connectivity index (χ1) is 14.7. The Kier molecular flexibility index (Phi) is 5.72. The summed E-state index contributed by atoms with van der Waals surface area (Å²) in [4.78, 5) is 17.3. The quantitative estimate of drug-likeness (QED) is 0.272. The van der Waals surface area contributed by atoms with Gasteiger partial charge in [0.2, 0.25) is 0 Å². The van der Waals surface area contributed by atoms with Gasteiger partial charge in [-0.3, -0.25) is 4.79 Å². The van der Waals surface area contributed by atoms with Gasteiger partial charge in [0.25, 0.3) is 5.91 Å². The lowest BCUT2D eigenvalue weighted by Crippen LogP contribution is -2.20. The Morgan fingerprint density at radius 1 is 0.967 bits per heavy atom. The summed E-state index contributed by atoms with van der Waals surface area (Å²) in [5.74, 6) is 0.310. The van der Waals surface area contributed by atoms with Gasteiger partial charge in [-0.1, -0.05) is 66.2 Å². The second kappa shape index (κ2) is 8.76. The van der Waals surface area contributed by atoms with Crippen molar-refractivity contribution in [2.75, 3.05) is 7.11 Å². The fourth-order valence-corrected chi connectivity index (χ4v) is 3.44. The second-order valence-electron chi connectivity index (χ2n) is 6.51. The van der Waals surface area contributed by atoms with Crippen LogP contribution in [0.15, 0.2) is 84.0 Å². The number of hydrazone groups is 1. The van der Waals surface area contributed by atoms with E-state index in [0.717, 1.165) is 27.6 Å². The molecule has 1 amide bonds. The van der Waals surface area contributed by atoms with Crippen LogP contribution in [0.4, 0.5) is 0 Å². The van der Waals surface area contributed by atoms with Crippen LogP contribution in [0.2, 0.25) is 5.15 Å². The standard InChI is InChI=1S/C24H18ClN3O2/c1-30-18-13-11-16(12-14-18)15-26-28-24(29)22-21(17-7-3-2-4-8-17)19-9-5-6-10-20(19)23(25)27-22/h2-15H,1H3,(H,28,29)/b26-15+. The first kappa shape index (κ1) is 19.6. The van der Waals surface area contributed by atoms with E-state index in [-0.39, 0.29) is 10.8 Å². The van der Waals surface area contributed by atoms with E-state index in [0.29, 0.717) is 5.56 Å². The van der Waals surface area contributed by atoms with Crippen LogP contribution in [0, 0.1) is 0 Å². The van der Waals surface area contributed by atoms with Crippen LogP contribution in [-0.2, 0) is 0 Å². The molecule has 0 spiro atoms. The molecular weight excluding hydrogens is 398 g/mol. The third kappa shape index (κ3) is 4.02. The molecule has 3 aromatic carbocycles. The van der Waals surface area contributed by atoms with Crippen molar-refractivity contribution in [1.29, 1.82) is 0 Å². The molecule has 0 radical (unpaired) electrons. The number of nitrogens with one attached hydrogen (secondary N) is 1. The maximum atomic E-state index is 13.0. The molecule has 4 rings (SSSR count). The van der Waals surface area contributed by atoms with Crippen LogP contribution in [0.3, 0.4) is 0 Å². The predicted octanol–water partition coefficient (Wildman–Crippen LogP) is 5.33. The van der Waals surface area contributed by atoms with Crippen molar-refractivity contribution in [2.24, 2.45) is 5.10 Å². The molecule has 0 bridgehead atoms. The highest BCUT2D eigenvalue weighted by Gasteiger charge is 2.19. The van der Waals surface area contributed by atoms with Crippen molar-refractivity contribution >= 4 is 34.5 Å². The van der Waals surface area contributed by atoms with Crippen LogP contribution < -0.4 is 10.2 Å². The zero-order chi connectivity index (χ0) is 20.9. The molecular formula is C24H18ClN3O2. The molecule has 0 aliphatic rings. The Hall–Kier alpha value is -3.70. The number of hydrogen-bond acceptors (Lipinski definition) is 4. The number of methoxy groups -OCH3 is 1. The van der Waals surface area contributed by atoms with Crippen LogP contribution in [0.5, 0.6) is 5.75 Å². The van der Waals surface area contributed by atoms with Gasteiger partial charge in [-0.25, -0.2) is 10.4 Å². The van der Waals surface area contributed by atoms with Crippen molar-refractivity contribution in [3.8, 4) is 16.9 Å². The maximum absolute atomic E-state index is 13.0. The van der Waals surface area contributed by atoms with Gasteiger partial charge in [0.15, 0.2) is 0 Å². The lowest BCUT2D eigenvalue weighted by atomic mass is 9.97. The van der Waals surface area contributed by atoms with E-state index in [4.69, 9.17) is 16.3 Å². The summed E-state index contributed by atoms with van der Waals surface area (Å²) in [5.41, 5.74) is 5.19. The number of nitrogens with zero attached hydrogens (tertiary/aromatic N) is 2. The number of ether oxygens (including phenoxy) is 1. The van der Waals surface area contributed by atoms with Gasteiger partial charge in [-0.15, -0.1) is 0 Å². The van der Waals surface area contributed by atoms with E-state index in [1.807, 2.05) is 78.9 Å². The van der Waals surface area contributed by atoms with Gasteiger partial charge in [0.1, 0.15) is 16.6 Å². The van der Waals surface area contributed by atoms with Crippen LogP contribution in [0.1, 0.15) is 16.1 Å². The number of halogens is 1. The van der Waals surface area contributed by atoms with Gasteiger partial charge in [0.05, 0.1) is 13.3 Å². The molecule has 0 aliphatic carbocycles. The lowest BCUT2D eigenvalue weighted by molar-refractivity contribution is 0.0951. The van der Waals surface area contributed by atoms with E-state index >= 15 is 0 Å². The highest BCUT2D eigenvalue weighted by molar-refractivity contribution is 6.35. The molecule has 0 atom stereocenters. The molecule has 4 aromatic rings. The molecule has 5 nitrogen and oxygen atoms in total. The minimum Gasteiger partial charge on any atom is -0.497 e. The van der Waals surface area contributed by atoms with Crippen molar-refractivity contribution in [3.05, 3.63) is 95.3 Å². The summed E-state index contributed by atoms with van der Waals surface area (Å²) in [7, 11) is 1.61. The number of fused-ring (bicyclic) bond motifs is 1. The monoisotopic (exact) mass is 415 g/mol. The molecule has 0 unspecified atom stereocenters. The second-order valence-corrected chi connectivity index (χ2v) is 6.87. The topological polar surface area (TPSA) is 63.6 Å². The third-order valence-corrected chi connectivity index (χ3v) is 4.93. The first-order valence-electron chi connectivity index (χ1n) is 9.28. The first-order valence-corrected chi connectivity index (χ1v) is 9.66. The van der Waals surface area contributed by atoms with Crippen LogP contribution in [0.25, 0.3) is 21.9 Å². The zero-order valence-electron chi connectivity index (χ0n) is 16.2. The molecule has 6 heteroatoms. The number of pyridine rings is 1. The van der Waals surface area contributed by atoms with Crippen molar-refractivity contribution in [1.82, 2.24) is 10.4 Å². The fraction of sp³-hybridized carbons (Fsp3) is 0.0417. The van der Waals surface area contributed by atoms with Crippen molar-refractivity contribution in [2.45, 2.75) is 0 Å². The smallest absolute Gasteiger partial charge is 0.290 e. The van der Waals surface area contributed by atoms with Gasteiger partial charge >= 0.3 is 0 Å². The Balaban J connectivity index is 1.70. The number of carbonyl (C=O) groups is 1. The molecule has 0 saturated heterocycles. The SMILES string of the molecule is COc1ccc(/C=N/NC(=O)c2nc(Cl)c3ccccc3c2-c2ccccc2)cc1. The molecule has 0 saturated carbocycles. The number of carbonyl (C=O) groups excluding carboxylic acids is 1. The van der Waals surface area contributed by atoms with Gasteiger partial charge in [-0.2, -0.15) is 5.10 Å². The molecule has 1 heterocycles. The Bertz CT molecular complexity index is 1220. The van der Waals surface area contributed by atoms with Gasteiger partial charge < -0.3 is 4.74 Å². The van der Waals surface area contributed by atoms with Crippen LogP contribution in [-0.4, -0.2) is 24.2 Å². The van der Waals surface area contributed by atoms with Gasteiger partial charge in [0, 0.05) is 10.9 Å². The summed E-state index contributed by atoms with van der Waals surface area (Å²) in [6.45, 7) is 0. The maximum Gasteiger partial charge on any atom is 0.290 e. The predicted molar refractivity (Wildman–Crippen MR) is 120 cm³/mol. The lowest BCUT2D eigenvalue weighted by Gasteiger charge is -2.13. The third-order valence-electron chi connectivity index (χ3n) is 4.64. The van der Waals surface area contributed by atoms with Gasteiger partial charge in [-0.05, 0) is 40.8 Å². The molecule has 1 aromatic heterocycles. The average Bonchev–Trinajstić information content (AvgIpc) is 2.80. The number of benzene rings is 3. The molecule has 148 valence electrons. The minimum absolute atomic E-state index is 0.219. The molecule has 0 fully saturated rings. The summed E-state index contributed by atoms with van der Waals surface area (Å²) in [6, 6.07) is 24.6. The average molecular weight is 416 g/mol. The number of amides is 1. The summed E-state index contributed by atoms with van der Waals surface area (Å²) < 4.78 is 5.14. The normalized spacial score (nSPS) is 11.0. The highest BCUT2D eigenvalue weighted by Crippen LogP contribution is 2.34. The van der Waals surface area contributed by atoms with Crippen LogP contribution >= 0.6 is 11.6 Å². The number of aromatic nitrogens is 1. The van der Waals surface area contributed by atoms with Crippen molar-refractivity contribution < 1.29 is 9.53 Å². The fourth-order valence-electron chi connectivity index (χ4n) is 3.19. The molecule has 30 heavy (non-hydrogen) atoms. The molecule has 1 N–H and O–H groups in total. The van der Waals surface area contributed by atoms with E-state index in [9.17, 15) is 4.79 Å². The van der Waals surface area contributed by atoms with E-state index < -0.39 is 5.91 Å². The Morgan fingerprint density at radius 3 is 2.33 bits per heavy atom. The zero-order valence-corrected chi connectivity index (χ0v) is 16.9. The Morgan fingerprint density at radius 2 is 1.63 bits per heavy atom. The van der Waals surface area contributed by atoms with E-state index in [1.165, 1.54) is 0 Å². The largest absolute Gasteiger partial charge is 0.497 e. The van der Waals surface area contributed by atoms with E-state index in [1.54, 1.807) is 13.3 Å². The summed E-state index contributed by atoms with van der Waals surface area (Å²) >= 11 is 6.38.